The molecule has 0 aromatic heterocycles. The summed E-state index contributed by atoms with van der Waals surface area (Å²) in [6.07, 6.45) is 3.00. The SMILES string of the molecule is NC(=O)CNC(=O)/C=C/c1ccccc1Br. The van der Waals surface area contributed by atoms with Crippen LogP contribution in [0.3, 0.4) is 0 Å². The molecule has 1 aromatic carbocycles. The van der Waals surface area contributed by atoms with Crippen molar-refractivity contribution < 1.29 is 9.59 Å². The Morgan fingerprint density at radius 2 is 2.06 bits per heavy atom. The Morgan fingerprint density at radius 3 is 2.69 bits per heavy atom. The fourth-order valence-electron chi connectivity index (χ4n) is 1.01. The summed E-state index contributed by atoms with van der Waals surface area (Å²) in [5, 5.41) is 2.36. The van der Waals surface area contributed by atoms with Gasteiger partial charge >= 0.3 is 0 Å². The molecule has 0 unspecified atom stereocenters. The Labute approximate surface area is 102 Å². The fourth-order valence-corrected chi connectivity index (χ4v) is 1.43. The van der Waals surface area contributed by atoms with Crippen LogP contribution in [-0.2, 0) is 9.59 Å². The highest BCUT2D eigenvalue weighted by Crippen LogP contribution is 2.16. The Morgan fingerprint density at radius 1 is 1.38 bits per heavy atom. The minimum absolute atomic E-state index is 0.154. The molecule has 0 heterocycles. The van der Waals surface area contributed by atoms with Crippen LogP contribution in [0.1, 0.15) is 5.56 Å². The molecular weight excluding hydrogens is 272 g/mol. The molecule has 0 saturated carbocycles. The van der Waals surface area contributed by atoms with Crippen LogP contribution in [0.5, 0.6) is 0 Å². The van der Waals surface area contributed by atoms with E-state index in [1.165, 1.54) is 6.08 Å². The van der Waals surface area contributed by atoms with Crippen molar-refractivity contribution in [1.82, 2.24) is 5.32 Å². The first-order valence-electron chi connectivity index (χ1n) is 4.58. The van der Waals surface area contributed by atoms with Crippen molar-refractivity contribution in [3.8, 4) is 0 Å². The van der Waals surface area contributed by atoms with Crippen molar-refractivity contribution in [2.75, 3.05) is 6.54 Å². The highest BCUT2D eigenvalue weighted by atomic mass is 79.9. The normalized spacial score (nSPS) is 10.3. The Bertz CT molecular complexity index is 430. The van der Waals surface area contributed by atoms with E-state index in [9.17, 15) is 9.59 Å². The van der Waals surface area contributed by atoms with Gasteiger partial charge in [-0.15, -0.1) is 0 Å². The molecule has 0 aliphatic carbocycles. The highest BCUT2D eigenvalue weighted by molar-refractivity contribution is 9.10. The van der Waals surface area contributed by atoms with E-state index in [-0.39, 0.29) is 12.5 Å². The first-order chi connectivity index (χ1) is 7.59. The summed E-state index contributed by atoms with van der Waals surface area (Å²) in [6, 6.07) is 7.49. The van der Waals surface area contributed by atoms with Crippen LogP contribution in [-0.4, -0.2) is 18.4 Å². The standard InChI is InChI=1S/C11H11BrN2O2/c12-9-4-2-1-3-8(9)5-6-11(16)14-7-10(13)15/h1-6H,7H2,(H2,13,15)(H,14,16)/b6-5+. The summed E-state index contributed by atoms with van der Waals surface area (Å²) in [5.41, 5.74) is 5.77. The molecule has 3 N–H and O–H groups in total. The van der Waals surface area contributed by atoms with Crippen molar-refractivity contribution in [3.05, 3.63) is 40.4 Å². The zero-order valence-corrected chi connectivity index (χ0v) is 10.0. The number of hydrogen-bond acceptors (Lipinski definition) is 2. The fraction of sp³-hybridized carbons (Fsp3) is 0.0909. The topological polar surface area (TPSA) is 72.2 Å². The van der Waals surface area contributed by atoms with Crippen LogP contribution in [0.15, 0.2) is 34.8 Å². The van der Waals surface area contributed by atoms with Crippen LogP contribution in [0.2, 0.25) is 0 Å². The lowest BCUT2D eigenvalue weighted by molar-refractivity contribution is -0.122. The Hall–Kier alpha value is -1.62. The third-order valence-electron chi connectivity index (χ3n) is 1.76. The summed E-state index contributed by atoms with van der Waals surface area (Å²) in [4.78, 5) is 21.6. The van der Waals surface area contributed by atoms with Crippen LogP contribution >= 0.6 is 15.9 Å². The van der Waals surface area contributed by atoms with Gasteiger partial charge in [0.2, 0.25) is 11.8 Å². The van der Waals surface area contributed by atoms with Gasteiger partial charge in [0, 0.05) is 10.5 Å². The molecule has 84 valence electrons. The maximum Gasteiger partial charge on any atom is 0.244 e. The summed E-state index contributed by atoms with van der Waals surface area (Å²) < 4.78 is 0.897. The quantitative estimate of drug-likeness (QED) is 0.811. The minimum atomic E-state index is -0.567. The molecule has 16 heavy (non-hydrogen) atoms. The summed E-state index contributed by atoms with van der Waals surface area (Å²) in [5.74, 6) is -0.919. The number of halogens is 1. The number of nitrogens with two attached hydrogens (primary N) is 1. The molecular formula is C11H11BrN2O2. The average Bonchev–Trinajstić information content (AvgIpc) is 2.25. The molecule has 5 heteroatoms. The first kappa shape index (κ1) is 12.4. The third-order valence-corrected chi connectivity index (χ3v) is 2.48. The molecule has 1 rings (SSSR count). The predicted molar refractivity (Wildman–Crippen MR) is 65.4 cm³/mol. The molecule has 0 bridgehead atoms. The van der Waals surface area contributed by atoms with Crippen molar-refractivity contribution >= 4 is 33.8 Å². The van der Waals surface area contributed by atoms with E-state index >= 15 is 0 Å². The lowest BCUT2D eigenvalue weighted by atomic mass is 10.2. The van der Waals surface area contributed by atoms with Gasteiger partial charge in [0.05, 0.1) is 6.54 Å². The van der Waals surface area contributed by atoms with E-state index in [0.29, 0.717) is 0 Å². The second-order valence-corrected chi connectivity index (χ2v) is 3.89. The summed E-state index contributed by atoms with van der Waals surface area (Å²) >= 11 is 3.35. The Kier molecular flexibility index (Phi) is 4.72. The number of primary amides is 1. The van der Waals surface area contributed by atoms with Gasteiger partial charge in [-0.05, 0) is 17.7 Å². The van der Waals surface area contributed by atoms with Crippen molar-refractivity contribution in [2.24, 2.45) is 5.73 Å². The van der Waals surface area contributed by atoms with Crippen LogP contribution in [0.4, 0.5) is 0 Å². The summed E-state index contributed by atoms with van der Waals surface area (Å²) in [6.45, 7) is -0.154. The molecule has 0 aliphatic heterocycles. The van der Waals surface area contributed by atoms with Crippen molar-refractivity contribution in [1.29, 1.82) is 0 Å². The van der Waals surface area contributed by atoms with E-state index in [1.807, 2.05) is 24.3 Å². The first-order valence-corrected chi connectivity index (χ1v) is 5.37. The number of hydrogen-bond donors (Lipinski definition) is 2. The number of nitrogens with one attached hydrogen (secondary N) is 1. The highest BCUT2D eigenvalue weighted by Gasteiger charge is 1.98. The van der Waals surface area contributed by atoms with Gasteiger partial charge in [0.1, 0.15) is 0 Å². The maximum atomic E-state index is 11.2. The van der Waals surface area contributed by atoms with Crippen LogP contribution in [0.25, 0.3) is 6.08 Å². The molecule has 0 aliphatic rings. The number of carbonyl (C=O) groups is 2. The Balaban J connectivity index is 2.57. The molecule has 0 radical (unpaired) electrons. The van der Waals surface area contributed by atoms with Gasteiger partial charge in [-0.2, -0.15) is 0 Å². The molecule has 0 fully saturated rings. The largest absolute Gasteiger partial charge is 0.368 e. The van der Waals surface area contributed by atoms with E-state index in [4.69, 9.17) is 5.73 Å². The number of carbonyl (C=O) groups excluding carboxylic acids is 2. The van der Waals surface area contributed by atoms with Gasteiger partial charge in [0.25, 0.3) is 0 Å². The van der Waals surface area contributed by atoms with Gasteiger partial charge in [0.15, 0.2) is 0 Å². The smallest absolute Gasteiger partial charge is 0.244 e. The van der Waals surface area contributed by atoms with Gasteiger partial charge in [-0.3, -0.25) is 9.59 Å². The lowest BCUT2D eigenvalue weighted by Gasteiger charge is -1.98. The molecule has 0 saturated heterocycles. The van der Waals surface area contributed by atoms with E-state index in [1.54, 1.807) is 6.08 Å². The molecule has 0 atom stereocenters. The monoisotopic (exact) mass is 282 g/mol. The zero-order valence-electron chi connectivity index (χ0n) is 8.44. The molecule has 4 nitrogen and oxygen atoms in total. The zero-order chi connectivity index (χ0) is 12.0. The second kappa shape index (κ2) is 6.07. The van der Waals surface area contributed by atoms with E-state index in [0.717, 1.165) is 10.0 Å². The second-order valence-electron chi connectivity index (χ2n) is 3.04. The van der Waals surface area contributed by atoms with E-state index < -0.39 is 5.91 Å². The number of amides is 2. The average molecular weight is 283 g/mol. The number of benzene rings is 1. The van der Waals surface area contributed by atoms with Crippen molar-refractivity contribution in [3.63, 3.8) is 0 Å². The summed E-state index contributed by atoms with van der Waals surface area (Å²) in [7, 11) is 0. The third kappa shape index (κ3) is 4.27. The molecule has 1 aromatic rings. The van der Waals surface area contributed by atoms with Crippen LogP contribution < -0.4 is 11.1 Å². The van der Waals surface area contributed by atoms with E-state index in [2.05, 4.69) is 21.2 Å². The van der Waals surface area contributed by atoms with Crippen molar-refractivity contribution in [2.45, 2.75) is 0 Å². The van der Waals surface area contributed by atoms with Gasteiger partial charge < -0.3 is 11.1 Å². The van der Waals surface area contributed by atoms with Crippen LogP contribution in [0, 0.1) is 0 Å². The minimum Gasteiger partial charge on any atom is -0.368 e. The lowest BCUT2D eigenvalue weighted by Crippen LogP contribution is -2.32. The number of rotatable bonds is 4. The molecule has 2 amide bonds. The van der Waals surface area contributed by atoms with Gasteiger partial charge in [-0.25, -0.2) is 0 Å². The maximum absolute atomic E-state index is 11.2. The van der Waals surface area contributed by atoms with Gasteiger partial charge in [-0.1, -0.05) is 34.1 Å². The predicted octanol–water partition coefficient (Wildman–Crippen LogP) is 1.06. The molecule has 0 spiro atoms.